The van der Waals surface area contributed by atoms with E-state index in [4.69, 9.17) is 0 Å². The molecule has 0 N–H and O–H groups in total. The van der Waals surface area contributed by atoms with Gasteiger partial charge in [-0.3, -0.25) is 0 Å². The van der Waals surface area contributed by atoms with E-state index in [1.807, 2.05) is 19.1 Å². The zero-order chi connectivity index (χ0) is 10.6. The van der Waals surface area contributed by atoms with E-state index in [0.717, 1.165) is 5.92 Å². The van der Waals surface area contributed by atoms with Gasteiger partial charge in [0.2, 0.25) is 0 Å². The molecule has 0 aromatic carbocycles. The summed E-state index contributed by atoms with van der Waals surface area (Å²) in [5.41, 5.74) is 2.26. The average molecular weight is 194 g/mol. The van der Waals surface area contributed by atoms with Gasteiger partial charge in [-0.05, 0) is 30.6 Å². The summed E-state index contributed by atoms with van der Waals surface area (Å²) in [6, 6.07) is 0. The van der Waals surface area contributed by atoms with Crippen molar-refractivity contribution in [2.75, 3.05) is 14.1 Å². The van der Waals surface area contributed by atoms with Crippen LogP contribution in [0.3, 0.4) is 0 Å². The van der Waals surface area contributed by atoms with E-state index in [1.165, 1.54) is 25.0 Å². The van der Waals surface area contributed by atoms with Crippen molar-refractivity contribution in [3.05, 3.63) is 0 Å². The summed E-state index contributed by atoms with van der Waals surface area (Å²) < 4.78 is 0. The van der Waals surface area contributed by atoms with Crippen LogP contribution in [-0.4, -0.2) is 24.8 Å². The largest absolute Gasteiger partial charge is 0.303 e. The average Bonchev–Trinajstić information content (AvgIpc) is 2.35. The third-order valence-corrected chi connectivity index (χ3v) is 4.83. The van der Waals surface area contributed by atoms with Crippen molar-refractivity contribution in [3.8, 4) is 0 Å². The van der Waals surface area contributed by atoms with Gasteiger partial charge in [-0.25, -0.2) is 0 Å². The second-order valence-corrected chi connectivity index (χ2v) is 5.89. The summed E-state index contributed by atoms with van der Waals surface area (Å²) in [7, 11) is 4.05. The molecule has 2 bridgehead atoms. The van der Waals surface area contributed by atoms with E-state index in [0.29, 0.717) is 10.8 Å². The fourth-order valence-corrected chi connectivity index (χ4v) is 3.32. The summed E-state index contributed by atoms with van der Waals surface area (Å²) in [6.45, 7) is 7.24. The first-order valence-corrected chi connectivity index (χ1v) is 5.63. The summed E-state index contributed by atoms with van der Waals surface area (Å²) in [4.78, 5) is 0. The molecule has 2 aliphatic rings. The molecule has 0 aromatic heterocycles. The van der Waals surface area contributed by atoms with E-state index in [9.17, 15) is 0 Å². The lowest BCUT2D eigenvalue weighted by Crippen LogP contribution is -2.33. The standard InChI is InChI=1S/C12H22N2/c1-11(2)9-6-7-12(11,3)10(8-9)13-14(4)5/h9H,6-8H2,1-5H3/b13-10+/t9-,12+/m1/s1. The Kier molecular flexibility index (Phi) is 1.96. The highest BCUT2D eigenvalue weighted by Gasteiger charge is 2.59. The summed E-state index contributed by atoms with van der Waals surface area (Å²) in [5.74, 6) is 0.867. The molecule has 0 heterocycles. The molecule has 0 aliphatic heterocycles. The molecule has 0 saturated heterocycles. The van der Waals surface area contributed by atoms with Crippen LogP contribution in [0.1, 0.15) is 40.0 Å². The van der Waals surface area contributed by atoms with E-state index in [2.05, 4.69) is 25.9 Å². The Morgan fingerprint density at radius 1 is 1.29 bits per heavy atom. The second kappa shape index (κ2) is 2.74. The molecule has 2 nitrogen and oxygen atoms in total. The van der Waals surface area contributed by atoms with Crippen molar-refractivity contribution in [3.63, 3.8) is 0 Å². The molecule has 2 aliphatic carbocycles. The van der Waals surface area contributed by atoms with Crippen LogP contribution in [0.15, 0.2) is 5.10 Å². The normalized spacial score (nSPS) is 42.1. The highest BCUT2D eigenvalue weighted by Crippen LogP contribution is 2.63. The number of hydrogen-bond donors (Lipinski definition) is 0. The van der Waals surface area contributed by atoms with E-state index >= 15 is 0 Å². The fraction of sp³-hybridized carbons (Fsp3) is 0.917. The molecule has 14 heavy (non-hydrogen) atoms. The first kappa shape index (κ1) is 10.0. The summed E-state index contributed by atoms with van der Waals surface area (Å²) in [5, 5.41) is 6.63. The molecule has 2 saturated carbocycles. The molecule has 0 radical (unpaired) electrons. The number of hydrazone groups is 1. The molecule has 2 atom stereocenters. The first-order valence-electron chi connectivity index (χ1n) is 5.63. The zero-order valence-corrected chi connectivity index (χ0v) is 10.1. The zero-order valence-electron chi connectivity index (χ0n) is 10.1. The van der Waals surface area contributed by atoms with E-state index < -0.39 is 0 Å². The van der Waals surface area contributed by atoms with Crippen molar-refractivity contribution >= 4 is 5.71 Å². The van der Waals surface area contributed by atoms with Gasteiger partial charge in [0.15, 0.2) is 0 Å². The Hall–Kier alpha value is -0.530. The van der Waals surface area contributed by atoms with Crippen LogP contribution in [-0.2, 0) is 0 Å². The third-order valence-electron chi connectivity index (χ3n) is 4.83. The Morgan fingerprint density at radius 2 is 1.93 bits per heavy atom. The lowest BCUT2D eigenvalue weighted by atomic mass is 9.70. The van der Waals surface area contributed by atoms with Gasteiger partial charge >= 0.3 is 0 Å². The van der Waals surface area contributed by atoms with Gasteiger partial charge in [0.1, 0.15) is 0 Å². The third kappa shape index (κ3) is 1.06. The molecule has 2 heteroatoms. The van der Waals surface area contributed by atoms with Gasteiger partial charge in [-0.15, -0.1) is 0 Å². The van der Waals surface area contributed by atoms with Gasteiger partial charge in [0, 0.05) is 25.2 Å². The maximum atomic E-state index is 4.68. The van der Waals surface area contributed by atoms with Crippen molar-refractivity contribution < 1.29 is 0 Å². The summed E-state index contributed by atoms with van der Waals surface area (Å²) >= 11 is 0. The number of rotatable bonds is 1. The lowest BCUT2D eigenvalue weighted by Gasteiger charge is -2.34. The first-order chi connectivity index (χ1) is 6.38. The van der Waals surface area contributed by atoms with Crippen LogP contribution in [0, 0.1) is 16.7 Å². The van der Waals surface area contributed by atoms with Gasteiger partial charge < -0.3 is 5.01 Å². The molecule has 2 fully saturated rings. The fourth-order valence-electron chi connectivity index (χ4n) is 3.32. The minimum atomic E-state index is 0.363. The lowest BCUT2D eigenvalue weighted by molar-refractivity contribution is 0.192. The Morgan fingerprint density at radius 3 is 2.29 bits per heavy atom. The summed E-state index contributed by atoms with van der Waals surface area (Å²) in [6.07, 6.45) is 3.95. The van der Waals surface area contributed by atoms with E-state index in [-0.39, 0.29) is 0 Å². The van der Waals surface area contributed by atoms with Crippen LogP contribution in [0.4, 0.5) is 0 Å². The van der Waals surface area contributed by atoms with Crippen molar-refractivity contribution in [1.29, 1.82) is 0 Å². The minimum absolute atomic E-state index is 0.363. The number of hydrogen-bond acceptors (Lipinski definition) is 2. The monoisotopic (exact) mass is 194 g/mol. The van der Waals surface area contributed by atoms with Gasteiger partial charge in [-0.2, -0.15) is 5.10 Å². The number of fused-ring (bicyclic) bond motifs is 2. The highest BCUT2D eigenvalue weighted by molar-refractivity contribution is 5.94. The SMILES string of the molecule is CN(C)/N=C1\C[C@H]2CC[C@]1(C)C2(C)C. The number of nitrogens with zero attached hydrogens (tertiary/aromatic N) is 2. The maximum Gasteiger partial charge on any atom is 0.0447 e. The Labute approximate surface area is 87.4 Å². The van der Waals surface area contributed by atoms with Crippen LogP contribution < -0.4 is 0 Å². The maximum absolute atomic E-state index is 4.68. The predicted octanol–water partition coefficient (Wildman–Crippen LogP) is 2.75. The van der Waals surface area contributed by atoms with Crippen LogP contribution in [0.2, 0.25) is 0 Å². The molecule has 80 valence electrons. The Bertz CT molecular complexity index is 278. The molecular weight excluding hydrogens is 172 g/mol. The topological polar surface area (TPSA) is 15.6 Å². The van der Waals surface area contributed by atoms with Crippen LogP contribution in [0.25, 0.3) is 0 Å². The quantitative estimate of drug-likeness (QED) is 0.586. The molecule has 0 unspecified atom stereocenters. The highest BCUT2D eigenvalue weighted by atomic mass is 15.4. The molecule has 0 spiro atoms. The van der Waals surface area contributed by atoms with Crippen LogP contribution >= 0.6 is 0 Å². The van der Waals surface area contributed by atoms with Gasteiger partial charge in [0.05, 0.1) is 0 Å². The molecular formula is C12H22N2. The predicted molar refractivity (Wildman–Crippen MR) is 60.4 cm³/mol. The molecule has 2 rings (SSSR count). The van der Waals surface area contributed by atoms with E-state index in [1.54, 1.807) is 0 Å². The van der Waals surface area contributed by atoms with Gasteiger partial charge in [-0.1, -0.05) is 20.8 Å². The van der Waals surface area contributed by atoms with Gasteiger partial charge in [0.25, 0.3) is 0 Å². The Balaban J connectivity index is 2.36. The second-order valence-electron chi connectivity index (χ2n) is 5.89. The molecule has 0 amide bonds. The minimum Gasteiger partial charge on any atom is -0.303 e. The van der Waals surface area contributed by atoms with Crippen molar-refractivity contribution in [2.24, 2.45) is 21.8 Å². The van der Waals surface area contributed by atoms with Crippen molar-refractivity contribution in [2.45, 2.75) is 40.0 Å². The van der Waals surface area contributed by atoms with Crippen molar-refractivity contribution in [1.82, 2.24) is 5.01 Å². The smallest absolute Gasteiger partial charge is 0.0447 e. The molecule has 0 aromatic rings. The van der Waals surface area contributed by atoms with Crippen LogP contribution in [0.5, 0.6) is 0 Å².